The number of hydrogen-bond acceptors (Lipinski definition) is 3. The summed E-state index contributed by atoms with van der Waals surface area (Å²) in [5.74, 6) is 0.157. The number of carbonyl (C=O) groups is 1. The van der Waals surface area contributed by atoms with Crippen LogP contribution in [0.4, 0.5) is 11.4 Å². The first-order valence-corrected chi connectivity index (χ1v) is 7.30. The first-order valence-electron chi connectivity index (χ1n) is 6.13. The normalized spacial score (nSPS) is 10.3. The molecule has 0 aromatic heterocycles. The molecule has 0 aliphatic heterocycles. The second-order valence-electron chi connectivity index (χ2n) is 4.49. The van der Waals surface area contributed by atoms with Gasteiger partial charge in [0.15, 0.2) is 0 Å². The van der Waals surface area contributed by atoms with Crippen molar-refractivity contribution in [1.82, 2.24) is 0 Å². The van der Waals surface area contributed by atoms with Gasteiger partial charge in [-0.15, -0.1) is 0 Å². The summed E-state index contributed by atoms with van der Waals surface area (Å²) in [5, 5.41) is 3.31. The number of ether oxygens (including phenoxy) is 1. The summed E-state index contributed by atoms with van der Waals surface area (Å²) in [7, 11) is 1.50. The Balaban J connectivity index is 2.37. The van der Waals surface area contributed by atoms with Gasteiger partial charge in [-0.05, 0) is 58.7 Å². The predicted molar refractivity (Wildman–Crippen MR) is 89.2 cm³/mol. The summed E-state index contributed by atoms with van der Waals surface area (Å²) < 4.78 is 5.90. The van der Waals surface area contributed by atoms with Crippen molar-refractivity contribution in [1.29, 1.82) is 0 Å². The lowest BCUT2D eigenvalue weighted by molar-refractivity contribution is 0.102. The first-order chi connectivity index (χ1) is 9.92. The van der Waals surface area contributed by atoms with Crippen molar-refractivity contribution in [2.45, 2.75) is 6.92 Å². The van der Waals surface area contributed by atoms with E-state index in [0.717, 1.165) is 5.56 Å². The van der Waals surface area contributed by atoms with E-state index in [4.69, 9.17) is 22.1 Å². The third-order valence-corrected chi connectivity index (χ3v) is 3.81. The number of hydrogen-bond donors (Lipinski definition) is 2. The van der Waals surface area contributed by atoms with Gasteiger partial charge < -0.3 is 15.8 Å². The molecule has 0 aliphatic carbocycles. The van der Waals surface area contributed by atoms with Crippen LogP contribution in [-0.2, 0) is 0 Å². The van der Waals surface area contributed by atoms with Crippen LogP contribution in [0.3, 0.4) is 0 Å². The maximum atomic E-state index is 12.4. The van der Waals surface area contributed by atoms with E-state index in [0.29, 0.717) is 32.2 Å². The van der Waals surface area contributed by atoms with Gasteiger partial charge in [0.1, 0.15) is 5.75 Å². The van der Waals surface area contributed by atoms with Crippen LogP contribution < -0.4 is 15.8 Å². The summed E-state index contributed by atoms with van der Waals surface area (Å²) in [6, 6.07) is 8.41. The number of nitrogens with one attached hydrogen (secondary N) is 1. The quantitative estimate of drug-likeness (QED) is 0.795. The van der Waals surface area contributed by atoms with Crippen molar-refractivity contribution in [3.8, 4) is 5.75 Å². The molecule has 2 rings (SSSR count). The van der Waals surface area contributed by atoms with Gasteiger partial charge >= 0.3 is 0 Å². The van der Waals surface area contributed by atoms with Crippen LogP contribution in [0.15, 0.2) is 34.8 Å². The number of carbonyl (C=O) groups excluding carboxylic acids is 1. The van der Waals surface area contributed by atoms with Gasteiger partial charge in [0, 0.05) is 15.2 Å². The van der Waals surface area contributed by atoms with E-state index in [1.165, 1.54) is 7.11 Å². The van der Waals surface area contributed by atoms with Crippen molar-refractivity contribution in [3.05, 3.63) is 51.0 Å². The smallest absolute Gasteiger partial charge is 0.259 e. The second-order valence-corrected chi connectivity index (χ2v) is 5.78. The zero-order valence-electron chi connectivity index (χ0n) is 11.5. The van der Waals surface area contributed by atoms with Crippen LogP contribution >= 0.6 is 27.5 Å². The van der Waals surface area contributed by atoms with Crippen LogP contribution in [0.1, 0.15) is 15.9 Å². The van der Waals surface area contributed by atoms with Crippen molar-refractivity contribution in [3.63, 3.8) is 0 Å². The number of amides is 1. The van der Waals surface area contributed by atoms with E-state index in [1.807, 2.05) is 6.92 Å². The Hall–Kier alpha value is -1.72. The maximum absolute atomic E-state index is 12.4. The molecule has 0 radical (unpaired) electrons. The van der Waals surface area contributed by atoms with Gasteiger partial charge in [0.2, 0.25) is 0 Å². The van der Waals surface area contributed by atoms with Gasteiger partial charge in [-0.25, -0.2) is 0 Å². The molecule has 3 N–H and O–H groups in total. The standard InChI is InChI=1S/C15H14BrClN2O2/c1-8-5-10(18)7-12(16)14(8)19-15(20)11-6-9(17)3-4-13(11)21-2/h3-7H,18H2,1-2H3,(H,19,20). The van der Waals surface area contributed by atoms with Crippen molar-refractivity contribution < 1.29 is 9.53 Å². The molecule has 0 spiro atoms. The molecule has 0 unspecified atom stereocenters. The third-order valence-electron chi connectivity index (χ3n) is 2.95. The van der Waals surface area contributed by atoms with E-state index < -0.39 is 0 Å². The lowest BCUT2D eigenvalue weighted by Gasteiger charge is -2.13. The van der Waals surface area contributed by atoms with Crippen molar-refractivity contribution in [2.24, 2.45) is 0 Å². The zero-order chi connectivity index (χ0) is 15.6. The molecule has 6 heteroatoms. The lowest BCUT2D eigenvalue weighted by atomic mass is 10.1. The number of nitrogen functional groups attached to an aromatic ring is 1. The minimum Gasteiger partial charge on any atom is -0.496 e. The Labute approximate surface area is 136 Å². The third kappa shape index (κ3) is 3.49. The van der Waals surface area contributed by atoms with Gasteiger partial charge in [0.05, 0.1) is 18.4 Å². The summed E-state index contributed by atoms with van der Waals surface area (Å²) in [4.78, 5) is 12.4. The fourth-order valence-electron chi connectivity index (χ4n) is 1.97. The molecule has 2 aromatic rings. The molecule has 0 heterocycles. The minimum atomic E-state index is -0.303. The SMILES string of the molecule is COc1ccc(Cl)cc1C(=O)Nc1c(C)cc(N)cc1Br. The predicted octanol–water partition coefficient (Wildman–Crippen LogP) is 4.25. The number of rotatable bonds is 3. The summed E-state index contributed by atoms with van der Waals surface area (Å²) in [6.45, 7) is 1.87. The largest absolute Gasteiger partial charge is 0.496 e. The monoisotopic (exact) mass is 368 g/mol. The molecule has 0 aliphatic rings. The summed E-state index contributed by atoms with van der Waals surface area (Å²) >= 11 is 9.34. The van der Waals surface area contributed by atoms with Crippen molar-refractivity contribution in [2.75, 3.05) is 18.2 Å². The fraction of sp³-hybridized carbons (Fsp3) is 0.133. The Bertz CT molecular complexity index is 681. The van der Waals surface area contributed by atoms with Gasteiger partial charge in [-0.1, -0.05) is 11.6 Å². The highest BCUT2D eigenvalue weighted by molar-refractivity contribution is 9.10. The molecule has 4 nitrogen and oxygen atoms in total. The number of methoxy groups -OCH3 is 1. The molecule has 0 fully saturated rings. The topological polar surface area (TPSA) is 64.3 Å². The summed E-state index contributed by atoms with van der Waals surface area (Å²) in [6.07, 6.45) is 0. The minimum absolute atomic E-state index is 0.303. The van der Waals surface area contributed by atoms with E-state index in [1.54, 1.807) is 30.3 Å². The Morgan fingerprint density at radius 2 is 2.05 bits per heavy atom. The molecule has 2 aromatic carbocycles. The average Bonchev–Trinajstić information content (AvgIpc) is 2.42. The van der Waals surface area contributed by atoms with Crippen LogP contribution in [0.5, 0.6) is 5.75 Å². The highest BCUT2D eigenvalue weighted by atomic mass is 79.9. The van der Waals surface area contributed by atoms with Crippen LogP contribution in [0, 0.1) is 6.92 Å². The van der Waals surface area contributed by atoms with Crippen molar-refractivity contribution >= 4 is 44.8 Å². The van der Waals surface area contributed by atoms with E-state index in [9.17, 15) is 4.79 Å². The first kappa shape index (κ1) is 15.7. The maximum Gasteiger partial charge on any atom is 0.259 e. The van der Waals surface area contributed by atoms with E-state index in [-0.39, 0.29) is 5.91 Å². The molecular weight excluding hydrogens is 356 g/mol. The van der Waals surface area contributed by atoms with Gasteiger partial charge in [-0.3, -0.25) is 4.79 Å². The number of anilines is 2. The Kier molecular flexibility index (Phi) is 4.75. The average molecular weight is 370 g/mol. The second kappa shape index (κ2) is 6.37. The number of nitrogens with two attached hydrogens (primary N) is 1. The van der Waals surface area contributed by atoms with Gasteiger partial charge in [-0.2, -0.15) is 0 Å². The highest BCUT2D eigenvalue weighted by Crippen LogP contribution is 2.30. The molecule has 0 saturated carbocycles. The number of aryl methyl sites for hydroxylation is 1. The van der Waals surface area contributed by atoms with Gasteiger partial charge in [0.25, 0.3) is 5.91 Å². The zero-order valence-corrected chi connectivity index (χ0v) is 13.9. The van der Waals surface area contributed by atoms with Crippen LogP contribution in [0.2, 0.25) is 5.02 Å². The molecule has 21 heavy (non-hydrogen) atoms. The molecular formula is C15H14BrClN2O2. The van der Waals surface area contributed by atoms with Crippen LogP contribution in [-0.4, -0.2) is 13.0 Å². The Morgan fingerprint density at radius 3 is 2.67 bits per heavy atom. The Morgan fingerprint density at radius 1 is 1.33 bits per heavy atom. The molecule has 110 valence electrons. The molecule has 0 saturated heterocycles. The highest BCUT2D eigenvalue weighted by Gasteiger charge is 2.15. The number of benzene rings is 2. The fourth-order valence-corrected chi connectivity index (χ4v) is 2.82. The lowest BCUT2D eigenvalue weighted by Crippen LogP contribution is -2.14. The molecule has 0 bridgehead atoms. The summed E-state index contributed by atoms with van der Waals surface area (Å²) in [5.41, 5.74) is 8.27. The number of halogens is 2. The molecule has 1 amide bonds. The molecule has 0 atom stereocenters. The van der Waals surface area contributed by atoms with E-state index in [2.05, 4.69) is 21.2 Å². The van der Waals surface area contributed by atoms with E-state index >= 15 is 0 Å². The van der Waals surface area contributed by atoms with Crippen LogP contribution in [0.25, 0.3) is 0 Å².